The highest BCUT2D eigenvalue weighted by Gasteiger charge is 2.43. The van der Waals surface area contributed by atoms with Crippen LogP contribution in [0.25, 0.3) is 5.70 Å². The van der Waals surface area contributed by atoms with Crippen molar-refractivity contribution in [1.29, 1.82) is 0 Å². The van der Waals surface area contributed by atoms with Crippen LogP contribution >= 0.6 is 45.8 Å². The Hall–Kier alpha value is -3.01. The molecule has 0 unspecified atom stereocenters. The predicted octanol–water partition coefficient (Wildman–Crippen LogP) is 7.32. The molecule has 0 amide bonds. The molecule has 0 radical (unpaired) electrons. The lowest BCUT2D eigenvalue weighted by atomic mass is 9.79. The van der Waals surface area contributed by atoms with Crippen molar-refractivity contribution >= 4 is 63.2 Å². The number of carbonyl (C=O) groups is 2. The molecule has 0 aromatic heterocycles. The van der Waals surface area contributed by atoms with Gasteiger partial charge in [-0.15, -0.1) is 0 Å². The highest BCUT2D eigenvalue weighted by molar-refractivity contribution is 14.1. The van der Waals surface area contributed by atoms with Gasteiger partial charge in [0.05, 0.1) is 28.6 Å². The van der Waals surface area contributed by atoms with E-state index >= 15 is 0 Å². The number of ether oxygens (including phenoxy) is 3. The Kier molecular flexibility index (Phi) is 7.94. The van der Waals surface area contributed by atoms with E-state index in [1.54, 1.807) is 18.2 Å². The summed E-state index contributed by atoms with van der Waals surface area (Å²) in [5, 5.41) is 4.35. The second-order valence-electron chi connectivity index (χ2n) is 9.04. The van der Waals surface area contributed by atoms with Crippen LogP contribution in [0.5, 0.6) is 11.5 Å². The lowest BCUT2D eigenvalue weighted by molar-refractivity contribution is -0.136. The first kappa shape index (κ1) is 27.6. The maximum absolute atomic E-state index is 13.7. The van der Waals surface area contributed by atoms with Crippen molar-refractivity contribution in [3.63, 3.8) is 0 Å². The Morgan fingerprint density at radius 2 is 1.79 bits per heavy atom. The fourth-order valence-corrected chi connectivity index (χ4v) is 6.23. The van der Waals surface area contributed by atoms with Crippen molar-refractivity contribution in [3.8, 4) is 11.5 Å². The van der Waals surface area contributed by atoms with Gasteiger partial charge in [0, 0.05) is 43.9 Å². The summed E-state index contributed by atoms with van der Waals surface area (Å²) in [4.78, 5) is 26.8. The van der Waals surface area contributed by atoms with E-state index in [1.165, 1.54) is 7.11 Å². The summed E-state index contributed by atoms with van der Waals surface area (Å²) >= 11 is 14.6. The van der Waals surface area contributed by atoms with Crippen molar-refractivity contribution in [3.05, 3.63) is 107 Å². The lowest BCUT2D eigenvalue weighted by Crippen LogP contribution is -2.29. The Morgan fingerprint density at radius 1 is 1.05 bits per heavy atom. The van der Waals surface area contributed by atoms with Crippen molar-refractivity contribution in [1.82, 2.24) is 5.32 Å². The van der Waals surface area contributed by atoms with E-state index in [0.29, 0.717) is 56.3 Å². The molecule has 0 saturated carbocycles. The Balaban J connectivity index is 1.61. The van der Waals surface area contributed by atoms with Crippen LogP contribution in [0.3, 0.4) is 0 Å². The maximum Gasteiger partial charge on any atom is 0.336 e. The van der Waals surface area contributed by atoms with E-state index in [2.05, 4.69) is 27.9 Å². The molecule has 2 aliphatic rings. The van der Waals surface area contributed by atoms with E-state index in [9.17, 15) is 9.59 Å². The topological polar surface area (TPSA) is 73.9 Å². The fourth-order valence-electron chi connectivity index (χ4n) is 4.99. The number of Topliss-reactive ketones (excluding diaryl/α,β-unsaturated/α-hetero) is 1. The summed E-state index contributed by atoms with van der Waals surface area (Å²) in [5.41, 5.74) is 5.10. The molecule has 0 fully saturated rings. The second kappa shape index (κ2) is 11.2. The van der Waals surface area contributed by atoms with Gasteiger partial charge in [-0.05, 0) is 66.3 Å². The predicted molar refractivity (Wildman–Crippen MR) is 159 cm³/mol. The summed E-state index contributed by atoms with van der Waals surface area (Å²) in [6.07, 6.45) is 0. The monoisotopic (exact) mass is 675 g/mol. The smallest absolute Gasteiger partial charge is 0.336 e. The van der Waals surface area contributed by atoms with Gasteiger partial charge in [-0.3, -0.25) is 4.79 Å². The van der Waals surface area contributed by atoms with Crippen LogP contribution in [0.15, 0.2) is 71.4 Å². The van der Waals surface area contributed by atoms with Gasteiger partial charge in [0.15, 0.2) is 17.3 Å². The molecule has 1 aliphatic heterocycles. The maximum atomic E-state index is 13.7. The molecule has 39 heavy (non-hydrogen) atoms. The largest absolute Gasteiger partial charge is 0.490 e. The zero-order valence-corrected chi connectivity index (χ0v) is 25.0. The van der Waals surface area contributed by atoms with Gasteiger partial charge >= 0.3 is 5.97 Å². The summed E-state index contributed by atoms with van der Waals surface area (Å²) in [6, 6.07) is 16.4. The molecular formula is C30H24Cl2INO5. The molecule has 1 heterocycles. The normalized spacial score (nSPS) is 16.1. The molecule has 9 heteroatoms. The Morgan fingerprint density at radius 3 is 2.49 bits per heavy atom. The van der Waals surface area contributed by atoms with Crippen LogP contribution in [-0.2, 0) is 16.1 Å². The number of benzene rings is 3. The first-order valence-electron chi connectivity index (χ1n) is 12.2. The molecular weight excluding hydrogens is 652 g/mol. The standard InChI is InChI=1S/C30H24Cl2INO5/c1-4-38-23-12-17(11-22(33)29(23)39-14-16-9-10-18(31)13-21(16)32)25-24(30(36)37-3)15(2)34-27-19-7-5-6-8-20(19)28(35)26(25)27/h5-13,25,34H,4,14H2,1-3H3/t25-/m0/s1. The molecule has 1 aliphatic carbocycles. The number of ketones is 1. The number of carbonyl (C=O) groups excluding carboxylic acids is 2. The number of allylic oxidation sites excluding steroid dienone is 2. The van der Waals surface area contributed by atoms with Gasteiger partial charge < -0.3 is 19.5 Å². The number of halogens is 3. The van der Waals surface area contributed by atoms with Crippen LogP contribution < -0.4 is 14.8 Å². The molecule has 3 aromatic rings. The lowest BCUT2D eigenvalue weighted by Gasteiger charge is -2.29. The number of dihydropyridines is 1. The Bertz CT molecular complexity index is 1580. The van der Waals surface area contributed by atoms with Gasteiger partial charge in [-0.25, -0.2) is 4.79 Å². The molecule has 0 saturated heterocycles. The third-order valence-corrected chi connectivity index (χ3v) is 8.09. The quantitative estimate of drug-likeness (QED) is 0.209. The first-order chi connectivity index (χ1) is 18.7. The van der Waals surface area contributed by atoms with Crippen LogP contribution in [0, 0.1) is 3.57 Å². The molecule has 0 spiro atoms. The van der Waals surface area contributed by atoms with E-state index in [4.69, 9.17) is 37.4 Å². The van der Waals surface area contributed by atoms with E-state index in [-0.39, 0.29) is 12.4 Å². The SMILES string of the molecule is CCOc1cc([C@H]2C(C(=O)OC)=C(C)NC3=C2C(=O)c2ccccc23)cc(I)c1OCc1ccc(Cl)cc1Cl. The highest BCUT2D eigenvalue weighted by atomic mass is 127. The summed E-state index contributed by atoms with van der Waals surface area (Å²) in [6.45, 7) is 4.29. The van der Waals surface area contributed by atoms with Crippen molar-refractivity contribution < 1.29 is 23.8 Å². The van der Waals surface area contributed by atoms with Crippen molar-refractivity contribution in [2.45, 2.75) is 26.4 Å². The third kappa shape index (κ3) is 5.03. The molecule has 0 bridgehead atoms. The number of fused-ring (bicyclic) bond motifs is 2. The van der Waals surface area contributed by atoms with Gasteiger partial charge in [0.1, 0.15) is 6.61 Å². The van der Waals surface area contributed by atoms with E-state index in [0.717, 1.165) is 20.3 Å². The van der Waals surface area contributed by atoms with Crippen LogP contribution in [0.1, 0.15) is 46.8 Å². The van der Waals surface area contributed by atoms with Crippen LogP contribution in [0.4, 0.5) is 0 Å². The van der Waals surface area contributed by atoms with E-state index < -0.39 is 11.9 Å². The summed E-state index contributed by atoms with van der Waals surface area (Å²) in [7, 11) is 1.34. The third-order valence-electron chi connectivity index (χ3n) is 6.71. The van der Waals surface area contributed by atoms with Crippen LogP contribution in [-0.4, -0.2) is 25.5 Å². The number of methoxy groups -OCH3 is 1. The number of esters is 1. The van der Waals surface area contributed by atoms with E-state index in [1.807, 2.05) is 50.2 Å². The number of nitrogens with one attached hydrogen (secondary N) is 1. The fraction of sp³-hybridized carbons (Fsp3) is 0.200. The van der Waals surface area contributed by atoms with Crippen LogP contribution in [0.2, 0.25) is 10.0 Å². The Labute approximate surface area is 250 Å². The molecule has 1 N–H and O–H groups in total. The minimum Gasteiger partial charge on any atom is -0.490 e. The van der Waals surface area contributed by atoms with Gasteiger partial charge in [-0.1, -0.05) is 53.5 Å². The average molecular weight is 676 g/mol. The second-order valence-corrected chi connectivity index (χ2v) is 11.0. The molecule has 5 rings (SSSR count). The van der Waals surface area contributed by atoms with Gasteiger partial charge in [-0.2, -0.15) is 0 Å². The molecule has 6 nitrogen and oxygen atoms in total. The zero-order chi connectivity index (χ0) is 27.8. The minimum absolute atomic E-state index is 0.127. The minimum atomic E-state index is -0.666. The number of hydrogen-bond donors (Lipinski definition) is 1. The summed E-state index contributed by atoms with van der Waals surface area (Å²) < 4.78 is 18.1. The molecule has 200 valence electrons. The summed E-state index contributed by atoms with van der Waals surface area (Å²) in [5.74, 6) is -0.267. The zero-order valence-electron chi connectivity index (χ0n) is 21.4. The van der Waals surface area contributed by atoms with Crippen molar-refractivity contribution in [2.75, 3.05) is 13.7 Å². The average Bonchev–Trinajstić information content (AvgIpc) is 3.19. The van der Waals surface area contributed by atoms with Gasteiger partial charge in [0.2, 0.25) is 0 Å². The first-order valence-corrected chi connectivity index (χ1v) is 14.1. The number of rotatable bonds is 7. The van der Waals surface area contributed by atoms with Gasteiger partial charge in [0.25, 0.3) is 0 Å². The molecule has 3 aromatic carbocycles. The number of hydrogen-bond acceptors (Lipinski definition) is 6. The van der Waals surface area contributed by atoms with Crippen molar-refractivity contribution in [2.24, 2.45) is 0 Å². The molecule has 1 atom stereocenters. The highest BCUT2D eigenvalue weighted by Crippen LogP contribution is 2.49.